The highest BCUT2D eigenvalue weighted by Crippen LogP contribution is 2.33. The van der Waals surface area contributed by atoms with E-state index >= 15 is 0 Å². The maximum absolute atomic E-state index is 12.9. The summed E-state index contributed by atoms with van der Waals surface area (Å²) in [7, 11) is 0. The normalized spacial score (nSPS) is 32.1. The molecule has 27 heavy (non-hydrogen) atoms. The number of benzene rings is 1. The largest absolute Gasteiger partial charge is 0.322 e. The summed E-state index contributed by atoms with van der Waals surface area (Å²) >= 11 is 0. The van der Waals surface area contributed by atoms with E-state index < -0.39 is 6.04 Å². The minimum absolute atomic E-state index is 0.108. The number of piperidine rings is 2. The molecule has 7 nitrogen and oxygen atoms in total. The van der Waals surface area contributed by atoms with Gasteiger partial charge in [-0.05, 0) is 48.9 Å². The van der Waals surface area contributed by atoms with E-state index in [-0.39, 0.29) is 24.1 Å². The van der Waals surface area contributed by atoms with Crippen LogP contribution in [0.15, 0.2) is 18.2 Å². The topological polar surface area (TPSA) is 90.5 Å². The van der Waals surface area contributed by atoms with Gasteiger partial charge in [0.2, 0.25) is 11.8 Å². The first-order valence-corrected chi connectivity index (χ1v) is 9.82. The lowest BCUT2D eigenvalue weighted by Crippen LogP contribution is -2.52. The van der Waals surface area contributed by atoms with Crippen molar-refractivity contribution in [1.82, 2.24) is 20.9 Å². The van der Waals surface area contributed by atoms with E-state index in [0.717, 1.165) is 30.1 Å². The van der Waals surface area contributed by atoms with E-state index in [9.17, 15) is 14.4 Å². The van der Waals surface area contributed by atoms with Gasteiger partial charge in [-0.3, -0.25) is 19.7 Å². The van der Waals surface area contributed by atoms with E-state index in [2.05, 4.69) is 22.0 Å². The van der Waals surface area contributed by atoms with Crippen molar-refractivity contribution in [2.24, 2.45) is 5.92 Å². The van der Waals surface area contributed by atoms with Crippen molar-refractivity contribution in [2.45, 2.75) is 56.9 Å². The lowest BCUT2D eigenvalue weighted by atomic mass is 10.0. The molecule has 0 aromatic heterocycles. The quantitative estimate of drug-likeness (QED) is 0.665. The Morgan fingerprint density at radius 3 is 2.81 bits per heavy atom. The first kappa shape index (κ1) is 16.9. The second-order valence-electron chi connectivity index (χ2n) is 8.18. The van der Waals surface area contributed by atoms with Gasteiger partial charge in [0.05, 0.1) is 0 Å². The predicted octanol–water partition coefficient (Wildman–Crippen LogP) is 0.288. The van der Waals surface area contributed by atoms with Crippen LogP contribution in [-0.2, 0) is 22.7 Å². The van der Waals surface area contributed by atoms with Crippen LogP contribution in [0.2, 0.25) is 0 Å². The Balaban J connectivity index is 1.31. The summed E-state index contributed by atoms with van der Waals surface area (Å²) in [6, 6.07) is 6.31. The highest BCUT2D eigenvalue weighted by Gasteiger charge is 2.41. The van der Waals surface area contributed by atoms with Gasteiger partial charge in [-0.15, -0.1) is 0 Å². The molecule has 1 aromatic carbocycles. The Labute approximate surface area is 157 Å². The summed E-state index contributed by atoms with van der Waals surface area (Å²) in [5.74, 6) is 0.0615. The van der Waals surface area contributed by atoms with Crippen LogP contribution in [0.3, 0.4) is 0 Å². The average Bonchev–Trinajstić information content (AvgIpc) is 3.35. The van der Waals surface area contributed by atoms with Crippen LogP contribution in [-0.4, -0.2) is 47.3 Å². The number of hydrogen-bond acceptors (Lipinski definition) is 5. The van der Waals surface area contributed by atoms with Crippen molar-refractivity contribution in [1.29, 1.82) is 0 Å². The number of rotatable bonds is 4. The van der Waals surface area contributed by atoms with Crippen molar-refractivity contribution >= 4 is 17.7 Å². The summed E-state index contributed by atoms with van der Waals surface area (Å²) in [4.78, 5) is 38.1. The molecule has 7 heteroatoms. The fraction of sp³-hybridized carbons (Fsp3) is 0.550. The standard InChI is InChI=1S/C20H24N4O3/c25-18-5-4-17(19(26)23-18)24-10-14-12(2-1-3-13(14)20(24)27)9-22-16-7-11-6-15(16)21-8-11/h1-3,11,15-17,21-22H,4-10H2,(H,23,25,26). The van der Waals surface area contributed by atoms with Crippen molar-refractivity contribution in [3.05, 3.63) is 34.9 Å². The lowest BCUT2D eigenvalue weighted by molar-refractivity contribution is -0.136. The molecule has 4 aliphatic rings. The molecule has 3 N–H and O–H groups in total. The fourth-order valence-corrected chi connectivity index (χ4v) is 5.14. The third kappa shape index (κ3) is 2.85. The van der Waals surface area contributed by atoms with Gasteiger partial charge in [0.25, 0.3) is 5.91 Å². The maximum Gasteiger partial charge on any atom is 0.255 e. The number of amides is 3. The Hall–Kier alpha value is -2.25. The van der Waals surface area contributed by atoms with Crippen molar-refractivity contribution < 1.29 is 14.4 Å². The molecule has 3 aliphatic heterocycles. The van der Waals surface area contributed by atoms with Gasteiger partial charge in [0, 0.05) is 37.2 Å². The molecule has 1 aliphatic carbocycles. The zero-order valence-corrected chi connectivity index (χ0v) is 15.2. The summed E-state index contributed by atoms with van der Waals surface area (Å²) in [6.45, 7) is 2.31. The Bertz CT molecular complexity index is 823. The molecule has 0 spiro atoms. The highest BCUT2D eigenvalue weighted by atomic mass is 16.2. The number of nitrogens with one attached hydrogen (secondary N) is 3. The first-order valence-electron chi connectivity index (χ1n) is 9.82. The van der Waals surface area contributed by atoms with E-state index in [0.29, 0.717) is 30.6 Å². The number of fused-ring (bicyclic) bond motifs is 3. The number of nitrogens with zero attached hydrogens (tertiary/aromatic N) is 1. The number of carbonyl (C=O) groups excluding carboxylic acids is 3. The van der Waals surface area contributed by atoms with E-state index in [1.165, 1.54) is 12.8 Å². The monoisotopic (exact) mass is 368 g/mol. The molecule has 0 radical (unpaired) electrons. The second-order valence-corrected chi connectivity index (χ2v) is 8.18. The molecule has 1 aromatic rings. The summed E-state index contributed by atoms with van der Waals surface area (Å²) in [6.07, 6.45) is 3.15. The van der Waals surface area contributed by atoms with Crippen LogP contribution in [0, 0.1) is 5.92 Å². The molecule has 142 valence electrons. The minimum atomic E-state index is -0.557. The van der Waals surface area contributed by atoms with Crippen LogP contribution in [0.25, 0.3) is 0 Å². The smallest absolute Gasteiger partial charge is 0.255 e. The molecule has 2 bridgehead atoms. The number of imide groups is 1. The molecule has 3 fully saturated rings. The van der Waals surface area contributed by atoms with Crippen molar-refractivity contribution in [2.75, 3.05) is 6.54 Å². The third-order valence-corrected chi connectivity index (χ3v) is 6.56. The second kappa shape index (κ2) is 6.42. The van der Waals surface area contributed by atoms with Crippen LogP contribution >= 0.6 is 0 Å². The fourth-order valence-electron chi connectivity index (χ4n) is 5.14. The van der Waals surface area contributed by atoms with Crippen LogP contribution in [0.1, 0.15) is 47.2 Å². The van der Waals surface area contributed by atoms with E-state index in [4.69, 9.17) is 0 Å². The molecule has 3 heterocycles. The zero-order chi connectivity index (χ0) is 18.5. The van der Waals surface area contributed by atoms with Gasteiger partial charge in [0.15, 0.2) is 0 Å². The van der Waals surface area contributed by atoms with Crippen LogP contribution in [0.5, 0.6) is 0 Å². The van der Waals surface area contributed by atoms with Gasteiger partial charge in [-0.25, -0.2) is 0 Å². The Morgan fingerprint density at radius 2 is 2.07 bits per heavy atom. The van der Waals surface area contributed by atoms with Gasteiger partial charge in [0.1, 0.15) is 6.04 Å². The molecule has 1 saturated carbocycles. The van der Waals surface area contributed by atoms with E-state index in [1.54, 1.807) is 4.90 Å². The molecule has 5 rings (SSSR count). The number of carbonyl (C=O) groups is 3. The van der Waals surface area contributed by atoms with Gasteiger partial charge in [-0.1, -0.05) is 12.1 Å². The van der Waals surface area contributed by atoms with Gasteiger partial charge in [-0.2, -0.15) is 0 Å². The van der Waals surface area contributed by atoms with Crippen LogP contribution < -0.4 is 16.0 Å². The first-order chi connectivity index (χ1) is 13.1. The summed E-state index contributed by atoms with van der Waals surface area (Å²) in [5.41, 5.74) is 2.82. The molecule has 4 unspecified atom stereocenters. The summed E-state index contributed by atoms with van der Waals surface area (Å²) < 4.78 is 0. The minimum Gasteiger partial charge on any atom is -0.322 e. The number of hydrogen-bond donors (Lipinski definition) is 3. The Kier molecular flexibility index (Phi) is 4.02. The maximum atomic E-state index is 12.9. The SMILES string of the molecule is O=C1CCC(N2Cc3c(CNC4CC5CNC4C5)cccc3C2=O)C(=O)N1. The molecule has 2 saturated heterocycles. The van der Waals surface area contributed by atoms with Crippen LogP contribution in [0.4, 0.5) is 0 Å². The molecule has 3 amide bonds. The van der Waals surface area contributed by atoms with E-state index in [1.807, 2.05) is 12.1 Å². The van der Waals surface area contributed by atoms with Crippen molar-refractivity contribution in [3.8, 4) is 0 Å². The highest BCUT2D eigenvalue weighted by molar-refractivity contribution is 6.05. The lowest BCUT2D eigenvalue weighted by Gasteiger charge is -2.29. The summed E-state index contributed by atoms with van der Waals surface area (Å²) in [5, 5.41) is 9.58. The average molecular weight is 368 g/mol. The predicted molar refractivity (Wildman–Crippen MR) is 97.6 cm³/mol. The zero-order valence-electron chi connectivity index (χ0n) is 15.2. The third-order valence-electron chi connectivity index (χ3n) is 6.56. The Morgan fingerprint density at radius 1 is 1.19 bits per heavy atom. The van der Waals surface area contributed by atoms with Gasteiger partial charge < -0.3 is 15.5 Å². The molecule has 4 atom stereocenters. The molecular weight excluding hydrogens is 344 g/mol. The van der Waals surface area contributed by atoms with Gasteiger partial charge >= 0.3 is 0 Å². The molecular formula is C20H24N4O3. The van der Waals surface area contributed by atoms with Crippen molar-refractivity contribution in [3.63, 3.8) is 0 Å².